The van der Waals surface area contributed by atoms with Gasteiger partial charge in [0, 0.05) is 28.9 Å². The molecule has 16 heavy (non-hydrogen) atoms. The molecule has 2 saturated carbocycles. The lowest BCUT2D eigenvalue weighted by atomic mass is 9.70. The molecule has 2 fully saturated rings. The highest BCUT2D eigenvalue weighted by molar-refractivity contribution is 14.1. The van der Waals surface area contributed by atoms with Gasteiger partial charge in [-0.15, -0.1) is 6.58 Å². The maximum absolute atomic E-state index is 3.93. The standard InChI is InChI=1S/C14H24IN/c1-2-11-3-5-12(6-4-11)13-7-9-14(16-15)10-8-13/h2,11-14,16H,1,3-10H2. The summed E-state index contributed by atoms with van der Waals surface area (Å²) < 4.78 is 3.40. The Morgan fingerprint density at radius 3 is 1.81 bits per heavy atom. The highest BCUT2D eigenvalue weighted by Gasteiger charge is 2.29. The molecule has 1 N–H and O–H groups in total. The lowest BCUT2D eigenvalue weighted by molar-refractivity contribution is 0.171. The Morgan fingerprint density at radius 1 is 0.875 bits per heavy atom. The molecule has 2 heteroatoms. The summed E-state index contributed by atoms with van der Waals surface area (Å²) >= 11 is 2.31. The zero-order valence-electron chi connectivity index (χ0n) is 10.1. The van der Waals surface area contributed by atoms with Gasteiger partial charge in [-0.05, 0) is 69.1 Å². The molecule has 0 radical (unpaired) electrons. The van der Waals surface area contributed by atoms with Gasteiger partial charge >= 0.3 is 0 Å². The Labute approximate surface area is 114 Å². The minimum absolute atomic E-state index is 0.793. The van der Waals surface area contributed by atoms with Crippen LogP contribution < -0.4 is 3.53 Å². The van der Waals surface area contributed by atoms with Crippen molar-refractivity contribution in [3.63, 3.8) is 0 Å². The minimum Gasteiger partial charge on any atom is -0.258 e. The summed E-state index contributed by atoms with van der Waals surface area (Å²) in [4.78, 5) is 0. The van der Waals surface area contributed by atoms with Crippen molar-refractivity contribution in [3.05, 3.63) is 12.7 Å². The van der Waals surface area contributed by atoms with Crippen molar-refractivity contribution in [2.24, 2.45) is 17.8 Å². The average Bonchev–Trinajstić information content (AvgIpc) is 2.39. The van der Waals surface area contributed by atoms with Crippen LogP contribution >= 0.6 is 22.9 Å². The van der Waals surface area contributed by atoms with Gasteiger partial charge < -0.3 is 0 Å². The molecule has 0 aliphatic heterocycles. The summed E-state index contributed by atoms with van der Waals surface area (Å²) in [7, 11) is 0. The van der Waals surface area contributed by atoms with Gasteiger partial charge in [-0.1, -0.05) is 6.08 Å². The highest BCUT2D eigenvalue weighted by atomic mass is 127. The first-order valence-electron chi connectivity index (χ1n) is 6.82. The van der Waals surface area contributed by atoms with Crippen LogP contribution in [0, 0.1) is 17.8 Å². The van der Waals surface area contributed by atoms with Crippen molar-refractivity contribution in [2.75, 3.05) is 0 Å². The van der Waals surface area contributed by atoms with Gasteiger partial charge in [0.1, 0.15) is 0 Å². The van der Waals surface area contributed by atoms with E-state index in [0.717, 1.165) is 23.8 Å². The first-order chi connectivity index (χ1) is 7.83. The summed E-state index contributed by atoms with van der Waals surface area (Å²) in [5.41, 5.74) is 0. The number of halogens is 1. The fourth-order valence-electron chi connectivity index (χ4n) is 3.55. The van der Waals surface area contributed by atoms with Crippen LogP contribution in [0.25, 0.3) is 0 Å². The second-order valence-electron chi connectivity index (χ2n) is 5.63. The molecule has 2 aliphatic rings. The molecule has 0 aromatic carbocycles. The van der Waals surface area contributed by atoms with Crippen molar-refractivity contribution >= 4 is 22.9 Å². The summed E-state index contributed by atoms with van der Waals surface area (Å²) in [6.07, 6.45) is 13.6. The smallest absolute Gasteiger partial charge is 0.0172 e. The molecule has 0 heterocycles. The largest absolute Gasteiger partial charge is 0.258 e. The van der Waals surface area contributed by atoms with E-state index >= 15 is 0 Å². The van der Waals surface area contributed by atoms with E-state index in [1.165, 1.54) is 51.4 Å². The Balaban J connectivity index is 1.75. The summed E-state index contributed by atoms with van der Waals surface area (Å²) in [6, 6.07) is 0.793. The van der Waals surface area contributed by atoms with Crippen molar-refractivity contribution < 1.29 is 0 Å². The Hall–Kier alpha value is 0.430. The molecule has 0 amide bonds. The molecule has 0 bridgehead atoms. The lowest BCUT2D eigenvalue weighted by Crippen LogP contribution is -2.31. The molecule has 0 aromatic heterocycles. The van der Waals surface area contributed by atoms with Crippen LogP contribution in [0.2, 0.25) is 0 Å². The monoisotopic (exact) mass is 333 g/mol. The Kier molecular flexibility index (Phi) is 5.14. The Bertz CT molecular complexity index is 213. The van der Waals surface area contributed by atoms with E-state index < -0.39 is 0 Å². The molecule has 2 rings (SSSR count). The third-order valence-corrected chi connectivity index (χ3v) is 5.62. The van der Waals surface area contributed by atoms with E-state index in [9.17, 15) is 0 Å². The summed E-state index contributed by atoms with van der Waals surface area (Å²) in [5, 5.41) is 0. The quantitative estimate of drug-likeness (QED) is 0.456. The number of hydrogen-bond acceptors (Lipinski definition) is 1. The predicted molar refractivity (Wildman–Crippen MR) is 78.5 cm³/mol. The third-order valence-electron chi connectivity index (χ3n) is 4.74. The SMILES string of the molecule is C=CC1CCC(C2CCC(NI)CC2)CC1. The number of allylic oxidation sites excluding steroid dienone is 1. The molecule has 0 saturated heterocycles. The van der Waals surface area contributed by atoms with Crippen LogP contribution in [0.15, 0.2) is 12.7 Å². The second-order valence-corrected chi connectivity index (χ2v) is 6.25. The number of hydrogen-bond donors (Lipinski definition) is 1. The van der Waals surface area contributed by atoms with Crippen molar-refractivity contribution in [1.82, 2.24) is 3.53 Å². The normalized spacial score (nSPS) is 40.6. The van der Waals surface area contributed by atoms with Crippen molar-refractivity contribution in [1.29, 1.82) is 0 Å². The van der Waals surface area contributed by atoms with E-state index in [-0.39, 0.29) is 0 Å². The topological polar surface area (TPSA) is 12.0 Å². The van der Waals surface area contributed by atoms with Crippen LogP contribution in [0.5, 0.6) is 0 Å². The van der Waals surface area contributed by atoms with Crippen LogP contribution in [0.1, 0.15) is 51.4 Å². The van der Waals surface area contributed by atoms with Crippen LogP contribution in [0.3, 0.4) is 0 Å². The summed E-state index contributed by atoms with van der Waals surface area (Å²) in [6.45, 7) is 3.93. The molecule has 1 nitrogen and oxygen atoms in total. The van der Waals surface area contributed by atoms with Gasteiger partial charge in [-0.2, -0.15) is 0 Å². The molecular formula is C14H24IN. The molecule has 0 atom stereocenters. The third kappa shape index (κ3) is 3.22. The Morgan fingerprint density at radius 2 is 1.38 bits per heavy atom. The second kappa shape index (κ2) is 6.39. The van der Waals surface area contributed by atoms with E-state index in [1.54, 1.807) is 0 Å². The number of nitrogens with one attached hydrogen (secondary N) is 1. The van der Waals surface area contributed by atoms with E-state index in [0.29, 0.717) is 0 Å². The maximum atomic E-state index is 3.93. The zero-order valence-corrected chi connectivity index (χ0v) is 12.3. The van der Waals surface area contributed by atoms with Crippen LogP contribution in [0.4, 0.5) is 0 Å². The predicted octanol–water partition coefficient (Wildman–Crippen LogP) is 4.48. The van der Waals surface area contributed by atoms with E-state index in [4.69, 9.17) is 0 Å². The van der Waals surface area contributed by atoms with Crippen LogP contribution in [-0.4, -0.2) is 6.04 Å². The highest BCUT2D eigenvalue weighted by Crippen LogP contribution is 2.40. The lowest BCUT2D eigenvalue weighted by Gasteiger charge is -2.37. The first-order valence-corrected chi connectivity index (χ1v) is 7.90. The van der Waals surface area contributed by atoms with Crippen molar-refractivity contribution in [2.45, 2.75) is 57.4 Å². The molecule has 2 aliphatic carbocycles. The van der Waals surface area contributed by atoms with Gasteiger partial charge in [0.2, 0.25) is 0 Å². The minimum atomic E-state index is 0.793. The zero-order chi connectivity index (χ0) is 11.4. The van der Waals surface area contributed by atoms with Crippen LogP contribution in [-0.2, 0) is 0 Å². The van der Waals surface area contributed by atoms with Gasteiger partial charge in [-0.25, -0.2) is 0 Å². The van der Waals surface area contributed by atoms with Crippen molar-refractivity contribution in [3.8, 4) is 0 Å². The molecule has 0 unspecified atom stereocenters. The fraction of sp³-hybridized carbons (Fsp3) is 0.857. The summed E-state index contributed by atoms with van der Waals surface area (Å²) in [5.74, 6) is 2.89. The van der Waals surface area contributed by atoms with Gasteiger partial charge in [0.15, 0.2) is 0 Å². The fourth-order valence-corrected chi connectivity index (χ4v) is 4.17. The van der Waals surface area contributed by atoms with Gasteiger partial charge in [0.05, 0.1) is 0 Å². The van der Waals surface area contributed by atoms with E-state index in [2.05, 4.69) is 39.0 Å². The number of rotatable bonds is 3. The van der Waals surface area contributed by atoms with Gasteiger partial charge in [0.25, 0.3) is 0 Å². The van der Waals surface area contributed by atoms with Gasteiger partial charge in [-0.3, -0.25) is 3.53 Å². The average molecular weight is 333 g/mol. The molecular weight excluding hydrogens is 309 g/mol. The first kappa shape index (κ1) is 12.9. The van der Waals surface area contributed by atoms with E-state index in [1.807, 2.05) is 0 Å². The molecule has 0 spiro atoms. The maximum Gasteiger partial charge on any atom is 0.0172 e. The molecule has 92 valence electrons. The molecule has 0 aromatic rings.